The highest BCUT2D eigenvalue weighted by molar-refractivity contribution is 6.36. The standard InChI is InChI=1S/C21H17Cl2NO3/c1-14(21(25)24-20-12-7-15(22)13-19(20)23)26-17-8-10-18(11-9-17)27-16-5-3-2-4-6-16/h2-14H,1H3,(H,24,25). The highest BCUT2D eigenvalue weighted by Crippen LogP contribution is 2.26. The van der Waals surface area contributed by atoms with Crippen LogP contribution >= 0.6 is 23.2 Å². The van der Waals surface area contributed by atoms with Crippen molar-refractivity contribution < 1.29 is 14.3 Å². The molecule has 0 saturated heterocycles. The normalized spacial score (nSPS) is 11.5. The summed E-state index contributed by atoms with van der Waals surface area (Å²) in [5.41, 5.74) is 0.480. The first-order valence-corrected chi connectivity index (χ1v) is 9.02. The van der Waals surface area contributed by atoms with E-state index in [1.54, 1.807) is 49.4 Å². The zero-order chi connectivity index (χ0) is 19.2. The molecule has 3 aromatic carbocycles. The van der Waals surface area contributed by atoms with Gasteiger partial charge in [-0.1, -0.05) is 41.4 Å². The third kappa shape index (κ3) is 5.39. The number of nitrogens with one attached hydrogen (secondary N) is 1. The smallest absolute Gasteiger partial charge is 0.265 e. The number of para-hydroxylation sites is 1. The van der Waals surface area contributed by atoms with Gasteiger partial charge in [-0.05, 0) is 61.5 Å². The quantitative estimate of drug-likeness (QED) is 0.535. The number of anilines is 1. The van der Waals surface area contributed by atoms with Crippen LogP contribution < -0.4 is 14.8 Å². The average Bonchev–Trinajstić information content (AvgIpc) is 2.66. The number of carbonyl (C=O) groups excluding carboxylic acids is 1. The molecule has 0 saturated carbocycles. The maximum atomic E-state index is 12.3. The Morgan fingerprint density at radius 3 is 2.19 bits per heavy atom. The van der Waals surface area contributed by atoms with Crippen molar-refractivity contribution in [3.8, 4) is 17.2 Å². The van der Waals surface area contributed by atoms with Crippen LogP contribution in [0, 0.1) is 0 Å². The van der Waals surface area contributed by atoms with Gasteiger partial charge in [0.15, 0.2) is 6.10 Å². The first-order valence-electron chi connectivity index (χ1n) is 8.27. The first-order chi connectivity index (χ1) is 13.0. The van der Waals surface area contributed by atoms with Gasteiger partial charge < -0.3 is 14.8 Å². The second-order valence-corrected chi connectivity index (χ2v) is 6.60. The van der Waals surface area contributed by atoms with E-state index < -0.39 is 6.10 Å². The van der Waals surface area contributed by atoms with E-state index >= 15 is 0 Å². The van der Waals surface area contributed by atoms with Crippen LogP contribution in [0.1, 0.15) is 6.92 Å². The molecule has 0 bridgehead atoms. The van der Waals surface area contributed by atoms with E-state index in [-0.39, 0.29) is 5.91 Å². The molecule has 1 unspecified atom stereocenters. The van der Waals surface area contributed by atoms with E-state index in [1.165, 1.54) is 0 Å². The summed E-state index contributed by atoms with van der Waals surface area (Å²) in [7, 11) is 0. The van der Waals surface area contributed by atoms with Crippen LogP contribution in [0.25, 0.3) is 0 Å². The van der Waals surface area contributed by atoms with Crippen molar-refractivity contribution in [2.75, 3.05) is 5.32 Å². The third-order valence-electron chi connectivity index (χ3n) is 3.67. The first kappa shape index (κ1) is 19.1. The molecule has 1 N–H and O–H groups in total. The summed E-state index contributed by atoms with van der Waals surface area (Å²) in [4.78, 5) is 12.3. The van der Waals surface area contributed by atoms with Crippen molar-refractivity contribution in [1.82, 2.24) is 0 Å². The molecule has 1 atom stereocenters. The Labute approximate surface area is 167 Å². The monoisotopic (exact) mass is 401 g/mol. The van der Waals surface area contributed by atoms with Crippen LogP contribution in [0.3, 0.4) is 0 Å². The minimum Gasteiger partial charge on any atom is -0.481 e. The molecular weight excluding hydrogens is 385 g/mol. The molecular formula is C21H17Cl2NO3. The van der Waals surface area contributed by atoms with Gasteiger partial charge in [0.05, 0.1) is 10.7 Å². The van der Waals surface area contributed by atoms with Gasteiger partial charge in [0, 0.05) is 5.02 Å². The molecule has 3 rings (SSSR count). The van der Waals surface area contributed by atoms with E-state index in [0.717, 1.165) is 5.75 Å². The lowest BCUT2D eigenvalue weighted by molar-refractivity contribution is -0.122. The number of rotatable bonds is 6. The van der Waals surface area contributed by atoms with Crippen LogP contribution in [-0.2, 0) is 4.79 Å². The molecule has 0 heterocycles. The summed E-state index contributed by atoms with van der Waals surface area (Å²) >= 11 is 11.9. The van der Waals surface area contributed by atoms with Crippen molar-refractivity contribution in [2.45, 2.75) is 13.0 Å². The molecule has 0 aliphatic rings. The van der Waals surface area contributed by atoms with Crippen molar-refractivity contribution in [2.24, 2.45) is 0 Å². The number of hydrogen-bond donors (Lipinski definition) is 1. The number of ether oxygens (including phenoxy) is 2. The summed E-state index contributed by atoms with van der Waals surface area (Å²) in [6.45, 7) is 1.66. The van der Waals surface area contributed by atoms with E-state index in [1.807, 2.05) is 30.3 Å². The molecule has 6 heteroatoms. The molecule has 0 fully saturated rings. The average molecular weight is 402 g/mol. The van der Waals surface area contributed by atoms with Crippen molar-refractivity contribution >= 4 is 34.8 Å². The maximum Gasteiger partial charge on any atom is 0.265 e. The predicted octanol–water partition coefficient (Wildman–Crippen LogP) is 6.19. The molecule has 3 aromatic rings. The number of carbonyl (C=O) groups is 1. The van der Waals surface area contributed by atoms with E-state index in [2.05, 4.69) is 5.32 Å². The second-order valence-electron chi connectivity index (χ2n) is 5.76. The van der Waals surface area contributed by atoms with Gasteiger partial charge >= 0.3 is 0 Å². The molecule has 1 amide bonds. The predicted molar refractivity (Wildman–Crippen MR) is 108 cm³/mol. The Balaban J connectivity index is 1.58. The van der Waals surface area contributed by atoms with Crippen molar-refractivity contribution in [1.29, 1.82) is 0 Å². The van der Waals surface area contributed by atoms with Gasteiger partial charge in [0.25, 0.3) is 5.91 Å². The zero-order valence-electron chi connectivity index (χ0n) is 14.5. The lowest BCUT2D eigenvalue weighted by Gasteiger charge is -2.16. The highest BCUT2D eigenvalue weighted by Gasteiger charge is 2.16. The summed E-state index contributed by atoms with van der Waals surface area (Å²) in [6.07, 6.45) is -0.711. The molecule has 4 nitrogen and oxygen atoms in total. The van der Waals surface area contributed by atoms with E-state index in [9.17, 15) is 4.79 Å². The molecule has 0 aliphatic carbocycles. The number of benzene rings is 3. The molecule has 27 heavy (non-hydrogen) atoms. The highest BCUT2D eigenvalue weighted by atomic mass is 35.5. The number of amides is 1. The largest absolute Gasteiger partial charge is 0.481 e. The molecule has 0 aromatic heterocycles. The maximum absolute atomic E-state index is 12.3. The summed E-state index contributed by atoms with van der Waals surface area (Å²) in [5.74, 6) is 1.67. The van der Waals surface area contributed by atoms with Gasteiger partial charge in [0.2, 0.25) is 0 Å². The lowest BCUT2D eigenvalue weighted by atomic mass is 10.3. The summed E-state index contributed by atoms with van der Waals surface area (Å²) in [6, 6.07) is 21.4. The zero-order valence-corrected chi connectivity index (χ0v) is 16.0. The van der Waals surface area contributed by atoms with Gasteiger partial charge in [-0.25, -0.2) is 0 Å². The van der Waals surface area contributed by atoms with Gasteiger partial charge in [-0.15, -0.1) is 0 Å². The van der Waals surface area contributed by atoms with E-state index in [0.29, 0.717) is 27.2 Å². The topological polar surface area (TPSA) is 47.6 Å². The molecule has 138 valence electrons. The summed E-state index contributed by atoms with van der Waals surface area (Å²) in [5, 5.41) is 3.59. The van der Waals surface area contributed by atoms with Crippen LogP contribution in [-0.4, -0.2) is 12.0 Å². The molecule has 0 aliphatic heterocycles. The fourth-order valence-corrected chi connectivity index (χ4v) is 2.75. The third-order valence-corrected chi connectivity index (χ3v) is 4.22. The SMILES string of the molecule is CC(Oc1ccc(Oc2ccccc2)cc1)C(=O)Nc1ccc(Cl)cc1Cl. The van der Waals surface area contributed by atoms with Gasteiger partial charge in [-0.2, -0.15) is 0 Å². The second kappa shape index (κ2) is 8.80. The Bertz CT molecular complexity index is 914. The van der Waals surface area contributed by atoms with Crippen molar-refractivity contribution in [3.05, 3.63) is 82.8 Å². The summed E-state index contributed by atoms with van der Waals surface area (Å²) < 4.78 is 11.4. The van der Waals surface area contributed by atoms with Crippen LogP contribution in [0.2, 0.25) is 10.0 Å². The minimum absolute atomic E-state index is 0.316. The molecule has 0 spiro atoms. The van der Waals surface area contributed by atoms with Gasteiger partial charge in [-0.3, -0.25) is 4.79 Å². The van der Waals surface area contributed by atoms with Crippen LogP contribution in [0.5, 0.6) is 17.2 Å². The number of halogens is 2. The fourth-order valence-electron chi connectivity index (χ4n) is 2.29. The fraction of sp³-hybridized carbons (Fsp3) is 0.0952. The van der Waals surface area contributed by atoms with Crippen molar-refractivity contribution in [3.63, 3.8) is 0 Å². The Morgan fingerprint density at radius 1 is 0.889 bits per heavy atom. The van der Waals surface area contributed by atoms with Crippen LogP contribution in [0.15, 0.2) is 72.8 Å². The van der Waals surface area contributed by atoms with Gasteiger partial charge in [0.1, 0.15) is 17.2 Å². The Kier molecular flexibility index (Phi) is 6.22. The molecule has 0 radical (unpaired) electrons. The van der Waals surface area contributed by atoms with Crippen LogP contribution in [0.4, 0.5) is 5.69 Å². The lowest BCUT2D eigenvalue weighted by Crippen LogP contribution is -2.30. The Morgan fingerprint density at radius 2 is 1.52 bits per heavy atom. The Hall–Kier alpha value is -2.69. The van der Waals surface area contributed by atoms with E-state index in [4.69, 9.17) is 32.7 Å². The minimum atomic E-state index is -0.711. The number of hydrogen-bond acceptors (Lipinski definition) is 3.